The quantitative estimate of drug-likeness (QED) is 0.659. The van der Waals surface area contributed by atoms with Gasteiger partial charge in [0.1, 0.15) is 6.61 Å². The molecule has 0 aromatic carbocycles. The van der Waals surface area contributed by atoms with Crippen LogP contribution in [0.5, 0.6) is 0 Å². The van der Waals surface area contributed by atoms with Gasteiger partial charge in [0.05, 0.1) is 0 Å². The van der Waals surface area contributed by atoms with Gasteiger partial charge in [-0.3, -0.25) is 9.78 Å². The Hall–Kier alpha value is -2.11. The predicted octanol–water partition coefficient (Wildman–Crippen LogP) is -0.293. The lowest BCUT2D eigenvalue weighted by molar-refractivity contribution is 0.158. The molecule has 0 fully saturated rings. The Morgan fingerprint density at radius 3 is 2.93 bits per heavy atom. The van der Waals surface area contributed by atoms with E-state index < -0.39 is 17.3 Å². The highest BCUT2D eigenvalue weighted by molar-refractivity contribution is 5.69. The van der Waals surface area contributed by atoms with E-state index in [-0.39, 0.29) is 6.61 Å². The number of hydrogen-bond acceptors (Lipinski definition) is 4. The highest BCUT2D eigenvalue weighted by Crippen LogP contribution is 1.83. The molecule has 1 aromatic rings. The van der Waals surface area contributed by atoms with E-state index in [0.717, 1.165) is 12.3 Å². The lowest BCUT2D eigenvalue weighted by atomic mass is 10.6. The summed E-state index contributed by atoms with van der Waals surface area (Å²) >= 11 is 0. The molecule has 0 atom stereocenters. The maximum Gasteiger partial charge on any atom is 0.422 e. The smallest absolute Gasteiger partial charge is 0.422 e. The van der Waals surface area contributed by atoms with Gasteiger partial charge in [0.2, 0.25) is 0 Å². The predicted molar refractivity (Wildman–Crippen MR) is 48.3 cm³/mol. The standard InChI is InChI=1S/C8H8N2O4/c1-2-5-14-8(13)10-4-3-6(11)9-7(10)12/h2-4H,1,5H2,(H,9,11,12). The number of ether oxygens (including phenoxy) is 1. The van der Waals surface area contributed by atoms with Crippen LogP contribution in [-0.2, 0) is 4.74 Å². The normalized spacial score (nSPS) is 9.43. The first-order chi connectivity index (χ1) is 6.65. The summed E-state index contributed by atoms with van der Waals surface area (Å²) in [6.45, 7) is 3.34. The van der Waals surface area contributed by atoms with Gasteiger partial charge in [0, 0.05) is 12.3 Å². The average Bonchev–Trinajstić information content (AvgIpc) is 2.14. The van der Waals surface area contributed by atoms with Crippen LogP contribution in [0, 0.1) is 0 Å². The summed E-state index contributed by atoms with van der Waals surface area (Å²) in [7, 11) is 0. The van der Waals surface area contributed by atoms with Crippen LogP contribution in [-0.4, -0.2) is 22.3 Å². The van der Waals surface area contributed by atoms with Crippen molar-refractivity contribution in [2.24, 2.45) is 0 Å². The van der Waals surface area contributed by atoms with Crippen molar-refractivity contribution in [1.29, 1.82) is 0 Å². The van der Waals surface area contributed by atoms with Gasteiger partial charge in [-0.25, -0.2) is 14.2 Å². The topological polar surface area (TPSA) is 81.2 Å². The average molecular weight is 196 g/mol. The monoisotopic (exact) mass is 196 g/mol. The van der Waals surface area contributed by atoms with Crippen molar-refractivity contribution < 1.29 is 9.53 Å². The Kier molecular flexibility index (Phi) is 3.01. The molecule has 0 aliphatic carbocycles. The van der Waals surface area contributed by atoms with Gasteiger partial charge in [-0.05, 0) is 0 Å². The number of rotatable bonds is 2. The van der Waals surface area contributed by atoms with Crippen LogP contribution in [0.3, 0.4) is 0 Å². The molecule has 0 amide bonds. The lowest BCUT2D eigenvalue weighted by Crippen LogP contribution is -2.33. The molecule has 0 radical (unpaired) electrons. The largest absolute Gasteiger partial charge is 0.445 e. The van der Waals surface area contributed by atoms with E-state index in [1.54, 1.807) is 0 Å². The van der Waals surface area contributed by atoms with E-state index in [2.05, 4.69) is 11.3 Å². The van der Waals surface area contributed by atoms with Crippen molar-refractivity contribution in [3.63, 3.8) is 0 Å². The van der Waals surface area contributed by atoms with Crippen LogP contribution in [0.2, 0.25) is 0 Å². The molecular weight excluding hydrogens is 188 g/mol. The molecular formula is C8H8N2O4. The van der Waals surface area contributed by atoms with E-state index in [9.17, 15) is 14.4 Å². The van der Waals surface area contributed by atoms with Gasteiger partial charge in [0.25, 0.3) is 5.56 Å². The molecule has 6 heteroatoms. The third-order valence-electron chi connectivity index (χ3n) is 1.35. The number of hydrogen-bond donors (Lipinski definition) is 1. The van der Waals surface area contributed by atoms with Crippen molar-refractivity contribution in [3.05, 3.63) is 45.8 Å². The zero-order valence-corrected chi connectivity index (χ0v) is 7.23. The van der Waals surface area contributed by atoms with E-state index in [1.807, 2.05) is 4.98 Å². The minimum absolute atomic E-state index is 0.00436. The van der Waals surface area contributed by atoms with Gasteiger partial charge < -0.3 is 4.74 Å². The highest BCUT2D eigenvalue weighted by Gasteiger charge is 2.06. The number of aromatic nitrogens is 2. The molecule has 0 aliphatic rings. The summed E-state index contributed by atoms with van der Waals surface area (Å²) in [5, 5.41) is 0. The molecule has 0 spiro atoms. The van der Waals surface area contributed by atoms with Crippen LogP contribution in [0.25, 0.3) is 0 Å². The number of nitrogens with one attached hydrogen (secondary N) is 1. The summed E-state index contributed by atoms with van der Waals surface area (Å²) in [6, 6.07) is 1.05. The van der Waals surface area contributed by atoms with Gasteiger partial charge in [-0.15, -0.1) is 0 Å². The number of carbonyl (C=O) groups is 1. The molecule has 14 heavy (non-hydrogen) atoms. The van der Waals surface area contributed by atoms with Gasteiger partial charge in [0.15, 0.2) is 0 Å². The van der Waals surface area contributed by atoms with Crippen LogP contribution in [0.15, 0.2) is 34.5 Å². The number of carbonyl (C=O) groups excluding carboxylic acids is 1. The number of aromatic amines is 1. The second kappa shape index (κ2) is 4.22. The fourth-order valence-electron chi connectivity index (χ4n) is 0.761. The second-order valence-electron chi connectivity index (χ2n) is 2.35. The van der Waals surface area contributed by atoms with Crippen molar-refractivity contribution in [1.82, 2.24) is 9.55 Å². The molecule has 74 valence electrons. The molecule has 0 unspecified atom stereocenters. The molecule has 1 rings (SSSR count). The zero-order chi connectivity index (χ0) is 10.6. The molecule has 0 saturated carbocycles. The summed E-state index contributed by atoms with van der Waals surface area (Å²) in [6.07, 6.45) is 1.56. The molecule has 0 saturated heterocycles. The van der Waals surface area contributed by atoms with E-state index in [1.165, 1.54) is 6.08 Å². The molecule has 1 heterocycles. The minimum atomic E-state index is -0.855. The van der Waals surface area contributed by atoms with Gasteiger partial charge in [-0.2, -0.15) is 0 Å². The first kappa shape index (κ1) is 9.97. The van der Waals surface area contributed by atoms with E-state index in [4.69, 9.17) is 0 Å². The molecule has 1 N–H and O–H groups in total. The van der Waals surface area contributed by atoms with Crippen molar-refractivity contribution in [3.8, 4) is 0 Å². The Morgan fingerprint density at radius 1 is 1.64 bits per heavy atom. The number of H-pyrrole nitrogens is 1. The van der Waals surface area contributed by atoms with Crippen molar-refractivity contribution >= 4 is 6.09 Å². The highest BCUT2D eigenvalue weighted by atomic mass is 16.5. The molecule has 1 aromatic heterocycles. The van der Waals surface area contributed by atoms with Crippen molar-refractivity contribution in [2.75, 3.05) is 6.61 Å². The Bertz CT molecular complexity index is 457. The fourth-order valence-corrected chi connectivity index (χ4v) is 0.761. The molecule has 0 bridgehead atoms. The van der Waals surface area contributed by atoms with Gasteiger partial charge >= 0.3 is 11.8 Å². The first-order valence-electron chi connectivity index (χ1n) is 3.75. The van der Waals surface area contributed by atoms with Crippen LogP contribution < -0.4 is 11.2 Å². The van der Waals surface area contributed by atoms with Crippen LogP contribution >= 0.6 is 0 Å². The zero-order valence-electron chi connectivity index (χ0n) is 7.23. The summed E-state index contributed by atoms with van der Waals surface area (Å²) in [5.74, 6) is 0. The maximum absolute atomic E-state index is 11.1. The molecule has 0 aliphatic heterocycles. The third kappa shape index (κ3) is 2.19. The minimum Gasteiger partial charge on any atom is -0.445 e. The third-order valence-corrected chi connectivity index (χ3v) is 1.35. The Balaban J connectivity index is 2.96. The van der Waals surface area contributed by atoms with Gasteiger partial charge in [-0.1, -0.05) is 12.7 Å². The maximum atomic E-state index is 11.1. The number of nitrogens with zero attached hydrogens (tertiary/aromatic N) is 1. The van der Waals surface area contributed by atoms with Crippen LogP contribution in [0.1, 0.15) is 0 Å². The molecule has 6 nitrogen and oxygen atoms in total. The van der Waals surface area contributed by atoms with Crippen LogP contribution in [0.4, 0.5) is 4.79 Å². The van der Waals surface area contributed by atoms with E-state index >= 15 is 0 Å². The first-order valence-corrected chi connectivity index (χ1v) is 3.75. The Morgan fingerprint density at radius 2 is 2.36 bits per heavy atom. The van der Waals surface area contributed by atoms with E-state index in [0.29, 0.717) is 4.57 Å². The van der Waals surface area contributed by atoms with Crippen molar-refractivity contribution in [2.45, 2.75) is 0 Å². The fraction of sp³-hybridized carbons (Fsp3) is 0.125. The summed E-state index contributed by atoms with van der Waals surface area (Å²) in [4.78, 5) is 34.7. The summed E-state index contributed by atoms with van der Waals surface area (Å²) in [5.41, 5.74) is -1.39. The SMILES string of the molecule is C=CCOC(=O)n1ccc(=O)[nH]c1=O. The lowest BCUT2D eigenvalue weighted by Gasteiger charge is -2.02. The Labute approximate surface area is 78.4 Å². The second-order valence-corrected chi connectivity index (χ2v) is 2.35. The summed E-state index contributed by atoms with van der Waals surface area (Å²) < 4.78 is 5.24.